The molecule has 0 saturated carbocycles. The smallest absolute Gasteiger partial charge is 0.490 e. The molecule has 11 N–H and O–H groups in total. The van der Waals surface area contributed by atoms with Crippen LogP contribution in [0.4, 0.5) is 32.3 Å². The zero-order chi connectivity index (χ0) is 78.5. The van der Waals surface area contributed by atoms with Crippen LogP contribution in [-0.2, 0) is 45.0 Å². The Morgan fingerprint density at radius 2 is 0.660 bits per heavy atom. The van der Waals surface area contributed by atoms with Gasteiger partial charge in [-0.3, -0.25) is 0 Å². The molecule has 0 saturated heterocycles. The first kappa shape index (κ1) is 92.3. The van der Waals surface area contributed by atoms with Gasteiger partial charge < -0.3 is 95.4 Å². The van der Waals surface area contributed by atoms with Crippen LogP contribution >= 0.6 is 23.9 Å². The number of methoxy groups -OCH3 is 5. The van der Waals surface area contributed by atoms with E-state index in [1.54, 1.807) is 167 Å². The van der Waals surface area contributed by atoms with Gasteiger partial charge in [-0.2, -0.15) is 13.2 Å². The molecular formula is C73H101BrF3N6O18PS. The van der Waals surface area contributed by atoms with Crippen molar-refractivity contribution in [3.8, 4) is 34.5 Å². The van der Waals surface area contributed by atoms with E-state index in [1.165, 1.54) is 24.3 Å². The fourth-order valence-corrected chi connectivity index (χ4v) is 8.92. The summed E-state index contributed by atoms with van der Waals surface area (Å²) in [5.74, 6) is -0.0137. The monoisotopic (exact) mass is 1550 g/mol. The van der Waals surface area contributed by atoms with Gasteiger partial charge in [-0.25, -0.2) is 24.0 Å². The first-order chi connectivity index (χ1) is 48.0. The van der Waals surface area contributed by atoms with E-state index in [0.717, 1.165) is 34.6 Å². The molecule has 0 fully saturated rings. The molecule has 0 aliphatic rings. The summed E-state index contributed by atoms with van der Waals surface area (Å²) < 4.78 is 84.6. The van der Waals surface area contributed by atoms with Crippen LogP contribution in [0.3, 0.4) is 0 Å². The zero-order valence-corrected chi connectivity index (χ0v) is 64.6. The standard InChI is InChI=1S/C26H36N2O6.C24H32N2O6.C16H20N2O2.C5H11BrO2.C2HF3O2.HPS/c1-25(2,3)33-23(29)27-21(17-11-9-13-19(15-17)31-7)22(28-24(30)34-26(4,5)6)18-12-10-14-20(16-18)32-8;1-23(2,3)31-21(29)25-19(15-9-7-11-17(27)13-15)20(16-10-8-12-18(28)14-16)26-22(30)32-24(4,5)6;1-19-13-7-3-5-11(9-13)15(17)16(18)12-6-4-8-14(10-12)20-2;1-7-4-5-8-3-2-6;3-2(4,5)1(6)7;1-2/h9-16,21-22H,1-8H3,(H,27,29)(H,28,30);7-14,19-20,27-28H,1-6H3,(H,25,29)(H,26,30);3-10,15-16H,17-18H2,1-2H3;2-5H2,1H3;(H,6,7);1H/t21-,22-;19-,20-;15-,16-;;;/m111.../s1. The van der Waals surface area contributed by atoms with Crippen LogP contribution < -0.4 is 51.7 Å². The highest BCUT2D eigenvalue weighted by atomic mass is 79.9. The number of carbonyl (C=O) groups excluding carboxylic acids is 4. The van der Waals surface area contributed by atoms with E-state index < -0.39 is 83.1 Å². The summed E-state index contributed by atoms with van der Waals surface area (Å²) >= 11 is 7.12. The number of hydrogen-bond acceptors (Lipinski definition) is 20. The minimum absolute atomic E-state index is 0.00887. The molecule has 6 aromatic rings. The Kier molecular flexibility index (Phi) is 40.7. The van der Waals surface area contributed by atoms with Crippen molar-refractivity contribution in [1.29, 1.82) is 0 Å². The number of aromatic hydroxyl groups is 2. The third-order valence-electron chi connectivity index (χ3n) is 13.0. The SMILES string of the molecule is CC(C)(C)OC(=O)N[C@H](c1cccc(O)c1)[C@H](NC(=O)OC(C)(C)C)c1cccc(O)c1.COCCOCCBr.COc1cccc([C@@H](N)[C@H](N)c2cccc(OC)c2)c1.COc1cccc([C@@H](NC(=O)OC(C)(C)C)[C@H](NC(=O)OC(C)(C)C)c2cccc(OC)c2)c1.O=C(O)C(F)(F)F.P=S. The number of amides is 4. The Balaban J connectivity index is 0.000000706. The largest absolute Gasteiger partial charge is 0.508 e. The number of phenolic OH excluding ortho intramolecular Hbond substituents is 2. The predicted molar refractivity (Wildman–Crippen MR) is 396 cm³/mol. The van der Waals surface area contributed by atoms with Crippen LogP contribution in [0.2, 0.25) is 0 Å². The van der Waals surface area contributed by atoms with Gasteiger partial charge in [0.1, 0.15) is 56.9 Å². The number of halogens is 4. The maximum absolute atomic E-state index is 12.8. The molecule has 0 unspecified atom stereocenters. The molecule has 0 aliphatic heterocycles. The van der Waals surface area contributed by atoms with Gasteiger partial charge >= 0.3 is 36.5 Å². The Morgan fingerprint density at radius 3 is 0.874 bits per heavy atom. The Hall–Kier alpha value is -8.70. The van der Waals surface area contributed by atoms with Crippen LogP contribution in [-0.4, -0.2) is 135 Å². The van der Waals surface area contributed by atoms with Crippen LogP contribution in [0.5, 0.6) is 34.5 Å². The third kappa shape index (κ3) is 38.4. The van der Waals surface area contributed by atoms with E-state index in [1.807, 2.05) is 72.8 Å². The van der Waals surface area contributed by atoms with Crippen LogP contribution in [0, 0.1) is 0 Å². The van der Waals surface area contributed by atoms with Gasteiger partial charge in [0.25, 0.3) is 0 Å². The molecule has 6 rings (SSSR count). The summed E-state index contributed by atoms with van der Waals surface area (Å²) in [4.78, 5) is 59.9. The number of nitrogens with one attached hydrogen (secondary N) is 4. The lowest BCUT2D eigenvalue weighted by Gasteiger charge is -2.32. The topological polar surface area (TPSA) is 338 Å². The van der Waals surface area contributed by atoms with E-state index in [4.69, 9.17) is 68.7 Å². The first-order valence-electron chi connectivity index (χ1n) is 31.8. The predicted octanol–water partition coefficient (Wildman–Crippen LogP) is 15.1. The van der Waals surface area contributed by atoms with Crippen molar-refractivity contribution in [3.63, 3.8) is 0 Å². The summed E-state index contributed by atoms with van der Waals surface area (Å²) in [6, 6.07) is 38.7. The van der Waals surface area contributed by atoms with Crippen molar-refractivity contribution in [3.05, 3.63) is 179 Å². The summed E-state index contributed by atoms with van der Waals surface area (Å²) in [7, 11) is 10.6. The molecule has 30 heteroatoms. The molecule has 0 spiro atoms. The average Bonchev–Trinajstić information content (AvgIpc) is 0.817. The van der Waals surface area contributed by atoms with E-state index in [-0.39, 0.29) is 23.6 Å². The van der Waals surface area contributed by atoms with E-state index in [9.17, 15) is 42.6 Å². The molecular weight excluding hydrogens is 1450 g/mol. The zero-order valence-electron chi connectivity index (χ0n) is 61.2. The third-order valence-corrected chi connectivity index (χ3v) is 13.3. The van der Waals surface area contributed by atoms with E-state index in [0.29, 0.717) is 47.0 Å². The maximum atomic E-state index is 12.8. The van der Waals surface area contributed by atoms with Crippen molar-refractivity contribution < 1.29 is 99.8 Å². The molecule has 0 radical (unpaired) electrons. The summed E-state index contributed by atoms with van der Waals surface area (Å²) in [5.41, 5.74) is 14.0. The minimum atomic E-state index is -5.08. The maximum Gasteiger partial charge on any atom is 0.490 e. The quantitative estimate of drug-likeness (QED) is 0.0132. The number of rotatable bonds is 22. The fourth-order valence-electron chi connectivity index (χ4n) is 8.69. The Morgan fingerprint density at radius 1 is 0.427 bits per heavy atom. The fraction of sp³-hybridized carbons (Fsp3) is 0.438. The molecule has 24 nitrogen and oxygen atoms in total. The van der Waals surface area contributed by atoms with Crippen LogP contribution in [0.15, 0.2) is 146 Å². The molecule has 0 heterocycles. The number of nitrogens with two attached hydrogens (primary N) is 2. The number of alkyl halides is 4. The Bertz CT molecular complexity index is 3330. The van der Waals surface area contributed by atoms with Crippen LogP contribution in [0.1, 0.15) is 153 Å². The summed E-state index contributed by atoms with van der Waals surface area (Å²) in [5, 5.41) is 39.5. The summed E-state index contributed by atoms with van der Waals surface area (Å²) in [6.07, 6.45) is -7.75. The highest BCUT2D eigenvalue weighted by molar-refractivity contribution is 9.09. The lowest BCUT2D eigenvalue weighted by atomic mass is 9.93. The lowest BCUT2D eigenvalue weighted by Crippen LogP contribution is -2.44. The minimum Gasteiger partial charge on any atom is -0.508 e. The van der Waals surface area contributed by atoms with Crippen molar-refractivity contribution >= 4 is 66.1 Å². The molecule has 6 atom stereocenters. The number of carboxylic acid groups (broad SMARTS) is 1. The number of carboxylic acids is 1. The molecule has 0 bridgehead atoms. The van der Waals surface area contributed by atoms with Gasteiger partial charge in [-0.1, -0.05) is 101 Å². The van der Waals surface area contributed by atoms with Gasteiger partial charge in [-0.05, 0) is 197 Å². The molecule has 570 valence electrons. The molecule has 0 aliphatic carbocycles. The number of carbonyl (C=O) groups is 5. The van der Waals surface area contributed by atoms with Gasteiger partial charge in [-0.15, -0.1) is 0 Å². The van der Waals surface area contributed by atoms with E-state index >= 15 is 0 Å². The average molecular weight is 1550 g/mol. The van der Waals surface area contributed by atoms with Gasteiger partial charge in [0.2, 0.25) is 0 Å². The Labute approximate surface area is 617 Å². The number of benzene rings is 6. The van der Waals surface area contributed by atoms with Gasteiger partial charge in [0.15, 0.2) is 0 Å². The number of hydrogen-bond donors (Lipinski definition) is 9. The molecule has 4 amide bonds. The second-order valence-electron chi connectivity index (χ2n) is 25.9. The van der Waals surface area contributed by atoms with Gasteiger partial charge in [0.05, 0.1) is 72.4 Å². The number of ether oxygens (including phenoxy) is 10. The second-order valence-corrected chi connectivity index (χ2v) is 26.7. The molecule has 0 aromatic heterocycles. The highest BCUT2D eigenvalue weighted by Gasteiger charge is 2.38. The lowest BCUT2D eigenvalue weighted by molar-refractivity contribution is -0.192. The van der Waals surface area contributed by atoms with E-state index in [2.05, 4.69) is 57.0 Å². The van der Waals surface area contributed by atoms with Crippen LogP contribution in [0.25, 0.3) is 0 Å². The summed E-state index contributed by atoms with van der Waals surface area (Å²) in [6.45, 7) is 23.3. The number of phenols is 2. The highest BCUT2D eigenvalue weighted by Crippen LogP contribution is 2.36. The normalized spacial score (nSPS) is 12.8. The molecule has 103 heavy (non-hydrogen) atoms. The number of aliphatic carboxylic acids is 1. The van der Waals surface area contributed by atoms with Crippen molar-refractivity contribution in [2.45, 2.75) is 148 Å². The van der Waals surface area contributed by atoms with Gasteiger partial charge in [0, 0.05) is 24.5 Å². The van der Waals surface area contributed by atoms with Crippen molar-refractivity contribution in [2.75, 3.05) is 60.7 Å². The first-order valence-corrected chi connectivity index (χ1v) is 34.6. The second kappa shape index (κ2) is 45.4. The van der Waals surface area contributed by atoms with Crippen molar-refractivity contribution in [2.24, 2.45) is 11.5 Å². The van der Waals surface area contributed by atoms with Crippen molar-refractivity contribution in [1.82, 2.24) is 21.3 Å². The number of alkyl carbamates (subject to hydrolysis) is 4. The molecule has 6 aromatic carbocycles.